The van der Waals surface area contributed by atoms with E-state index in [4.69, 9.17) is 0 Å². The van der Waals surface area contributed by atoms with Crippen molar-refractivity contribution in [1.29, 1.82) is 0 Å². The van der Waals surface area contributed by atoms with Gasteiger partial charge in [-0.3, -0.25) is 0 Å². The van der Waals surface area contributed by atoms with Gasteiger partial charge < -0.3 is 27.6 Å². The van der Waals surface area contributed by atoms with E-state index in [0.29, 0.717) is 0 Å². The van der Waals surface area contributed by atoms with E-state index >= 15 is 0 Å². The van der Waals surface area contributed by atoms with Gasteiger partial charge in [-0.15, -0.1) is 0 Å². The minimum absolute atomic E-state index is 0. The van der Waals surface area contributed by atoms with Gasteiger partial charge in [0.05, 0.1) is 0 Å². The van der Waals surface area contributed by atoms with Gasteiger partial charge in [0, 0.05) is 0 Å². The van der Waals surface area contributed by atoms with Crippen molar-refractivity contribution < 1.29 is 86.7 Å². The van der Waals surface area contributed by atoms with E-state index in [0.717, 1.165) is 0 Å². The molecule has 0 fully saturated rings. The summed E-state index contributed by atoms with van der Waals surface area (Å²) in [6.45, 7) is 0. The molecule has 0 aromatic carbocycles. The minimum atomic E-state index is 0. The molecule has 0 radical (unpaired) electrons. The second-order valence-corrected chi connectivity index (χ2v) is 0. The molecular weight excluding hydrogens is 134 g/mol. The van der Waals surface area contributed by atoms with Crippen LogP contribution in [0, 0.1) is 0 Å². The van der Waals surface area contributed by atoms with Gasteiger partial charge in [-0.2, -0.15) is 0 Å². The topological polar surface area (TPSA) is 126 Å². The third-order valence-electron chi connectivity index (χ3n) is 0. The Hall–Kier alpha value is 2.61. The first-order valence-electron chi connectivity index (χ1n) is 0. The Morgan fingerprint density at radius 3 is 0.571 bits per heavy atom. The quantitative estimate of drug-likeness (QED) is 0.301. The Kier molecular flexibility index (Phi) is 1100. The molecule has 4 nitrogen and oxygen atoms in total. The molecule has 0 atom stereocenters. The third-order valence-corrected chi connectivity index (χ3v) is 0. The predicted octanol–water partition coefficient (Wildman–Crippen LogP) is -9.22. The van der Waals surface area contributed by atoms with Crippen molar-refractivity contribution in [3.05, 3.63) is 0 Å². The minimum Gasteiger partial charge on any atom is -1.00 e. The van der Waals surface area contributed by atoms with Crippen LogP contribution in [0.25, 0.3) is 0 Å². The molecule has 7 heavy (non-hydrogen) atoms. The van der Waals surface area contributed by atoms with Crippen molar-refractivity contribution >= 4 is 23.1 Å². The largest absolute Gasteiger partial charge is 2.00 e. The fourth-order valence-corrected chi connectivity index (χ4v) is 0. The summed E-state index contributed by atoms with van der Waals surface area (Å²) in [5.41, 5.74) is 0. The molecule has 0 rings (SSSR count). The van der Waals surface area contributed by atoms with E-state index in [1.54, 1.807) is 0 Å². The molecule has 0 spiro atoms. The van der Waals surface area contributed by atoms with Crippen LogP contribution in [-0.4, -0.2) is 45.0 Å². The average Bonchev–Trinajstić information content (AvgIpc) is 0. The zero-order valence-corrected chi connectivity index (χ0v) is 10.1. The van der Waals surface area contributed by atoms with Crippen LogP contribution >= 0.6 is 0 Å². The van der Waals surface area contributed by atoms with Crippen LogP contribution in [0.5, 0.6) is 0 Å². The first-order chi connectivity index (χ1) is 0. The molecule has 0 saturated heterocycles. The van der Waals surface area contributed by atoms with E-state index < -0.39 is 0 Å². The van der Waals surface area contributed by atoms with Gasteiger partial charge in [0.1, 0.15) is 0 Å². The van der Waals surface area contributed by atoms with E-state index in [1.807, 2.05) is 0 Å². The van der Waals surface area contributed by atoms with E-state index in [1.165, 1.54) is 0 Å². The molecular formula is H12MgNa2O4. The molecule has 0 amide bonds. The average molecular weight is 146 g/mol. The maximum absolute atomic E-state index is 0. The van der Waals surface area contributed by atoms with E-state index in [2.05, 4.69) is 0 Å². The van der Waals surface area contributed by atoms with Crippen LogP contribution in [0.2, 0.25) is 0 Å². The molecule has 0 aromatic heterocycles. The van der Waals surface area contributed by atoms with Crippen LogP contribution in [0.4, 0.5) is 0 Å². The van der Waals surface area contributed by atoms with Gasteiger partial charge in [0.15, 0.2) is 0 Å². The first kappa shape index (κ1) is 105. The fraction of sp³-hybridized carbons (Fsp3) is 0. The van der Waals surface area contributed by atoms with Crippen molar-refractivity contribution in [2.75, 3.05) is 0 Å². The molecule has 7 heteroatoms. The van der Waals surface area contributed by atoms with Gasteiger partial charge in [-0.25, -0.2) is 0 Å². The Labute approximate surface area is 108 Å². The number of hydrogen-bond acceptors (Lipinski definition) is 0. The predicted molar refractivity (Wildman–Crippen MR) is 24.7 cm³/mol. The molecule has 8 N–H and O–H groups in total. The second-order valence-electron chi connectivity index (χ2n) is 0. The Morgan fingerprint density at radius 1 is 0.571 bits per heavy atom. The molecule has 40 valence electrons. The first-order valence-corrected chi connectivity index (χ1v) is 0. The van der Waals surface area contributed by atoms with Crippen molar-refractivity contribution in [2.24, 2.45) is 0 Å². The summed E-state index contributed by atoms with van der Waals surface area (Å²) in [4.78, 5) is 0. The molecule has 0 saturated carbocycles. The van der Waals surface area contributed by atoms with Gasteiger partial charge in [0.25, 0.3) is 0 Å². The summed E-state index contributed by atoms with van der Waals surface area (Å²) in [5, 5.41) is 0. The van der Waals surface area contributed by atoms with Gasteiger partial charge in [-0.05, 0) is 0 Å². The van der Waals surface area contributed by atoms with Crippen molar-refractivity contribution in [2.45, 2.75) is 0 Å². The maximum atomic E-state index is 0. The summed E-state index contributed by atoms with van der Waals surface area (Å²) < 4.78 is 0. The molecule has 0 aromatic rings. The molecule has 0 bridgehead atoms. The molecule has 0 aliphatic rings. The van der Waals surface area contributed by atoms with Crippen LogP contribution in [0.3, 0.4) is 0 Å². The Balaban J connectivity index is 0. The van der Waals surface area contributed by atoms with Crippen molar-refractivity contribution in [3.63, 3.8) is 0 Å². The standard InChI is InChI=1S/Mg.2Na.4H2O.4H/h;;;4*1H2;;;;/q+2;2*+1;;;;;4*-1. The van der Waals surface area contributed by atoms with Crippen molar-refractivity contribution in [3.8, 4) is 0 Å². The zero-order valence-electron chi connectivity index (χ0n) is 8.71. The summed E-state index contributed by atoms with van der Waals surface area (Å²) in [6, 6.07) is 0. The van der Waals surface area contributed by atoms with Crippen LogP contribution in [0.15, 0.2) is 0 Å². The second kappa shape index (κ2) is 73.3. The number of rotatable bonds is 0. The molecule has 0 heterocycles. The molecule has 0 unspecified atom stereocenters. The Bertz CT molecular complexity index is 20.1. The monoisotopic (exact) mass is 146 g/mol. The SMILES string of the molecule is O.O.O.O.[H-].[H-].[H-].[H-].[Mg+2].[Na+].[Na+]. The van der Waals surface area contributed by atoms with Crippen molar-refractivity contribution in [1.82, 2.24) is 0 Å². The normalized spacial score (nSPS) is 0. The third kappa shape index (κ3) is 55.3. The van der Waals surface area contributed by atoms with E-state index in [-0.39, 0.29) is 110 Å². The smallest absolute Gasteiger partial charge is 1.00 e. The van der Waals surface area contributed by atoms with Gasteiger partial charge in [-0.1, -0.05) is 0 Å². The summed E-state index contributed by atoms with van der Waals surface area (Å²) in [5.74, 6) is 0. The molecule has 0 aliphatic heterocycles. The van der Waals surface area contributed by atoms with Crippen LogP contribution in [-0.2, 0) is 0 Å². The van der Waals surface area contributed by atoms with E-state index in [9.17, 15) is 0 Å². The fourth-order valence-electron chi connectivity index (χ4n) is 0. The molecule has 0 aliphatic carbocycles. The Morgan fingerprint density at radius 2 is 0.571 bits per heavy atom. The summed E-state index contributed by atoms with van der Waals surface area (Å²) in [6.07, 6.45) is 0. The van der Waals surface area contributed by atoms with Gasteiger partial charge >= 0.3 is 82.2 Å². The maximum Gasteiger partial charge on any atom is 2.00 e. The summed E-state index contributed by atoms with van der Waals surface area (Å²) >= 11 is 0. The number of hydrogen-bond donors (Lipinski definition) is 0. The zero-order chi connectivity index (χ0) is 0. The van der Waals surface area contributed by atoms with Gasteiger partial charge in [0.2, 0.25) is 0 Å². The van der Waals surface area contributed by atoms with Crippen LogP contribution < -0.4 is 59.1 Å². The van der Waals surface area contributed by atoms with Crippen LogP contribution in [0.1, 0.15) is 5.71 Å². The summed E-state index contributed by atoms with van der Waals surface area (Å²) in [7, 11) is 0.